The second kappa shape index (κ2) is 3.61. The van der Waals surface area contributed by atoms with E-state index in [0.717, 1.165) is 24.4 Å². The molecular weight excluding hydrogens is 148 g/mol. The Labute approximate surface area is 74.8 Å². The van der Waals surface area contributed by atoms with Gasteiger partial charge in [-0.05, 0) is 43.4 Å². The number of fused-ring (bicyclic) bond motifs is 1. The fourth-order valence-corrected chi connectivity index (χ4v) is 2.63. The molecule has 0 aromatic heterocycles. The zero-order chi connectivity index (χ0) is 8.39. The van der Waals surface area contributed by atoms with Crippen molar-refractivity contribution >= 4 is 0 Å². The van der Waals surface area contributed by atoms with Crippen molar-refractivity contribution in [1.29, 1.82) is 0 Å². The predicted octanol–water partition coefficient (Wildman–Crippen LogP) is 2.63. The highest BCUT2D eigenvalue weighted by Crippen LogP contribution is 2.52. The molecule has 2 rings (SSSR count). The van der Waals surface area contributed by atoms with Crippen molar-refractivity contribution in [3.8, 4) is 0 Å². The lowest BCUT2D eigenvalue weighted by atomic mass is 10.1. The van der Waals surface area contributed by atoms with Gasteiger partial charge in [-0.2, -0.15) is 0 Å². The van der Waals surface area contributed by atoms with Gasteiger partial charge >= 0.3 is 0 Å². The first-order chi connectivity index (χ1) is 5.93. The maximum Gasteiger partial charge on any atom is 0.0496 e. The smallest absolute Gasteiger partial charge is 0.0496 e. The van der Waals surface area contributed by atoms with Crippen LogP contribution in [0, 0.1) is 17.8 Å². The molecule has 0 amide bonds. The quantitative estimate of drug-likeness (QED) is 0.573. The van der Waals surface area contributed by atoms with E-state index in [9.17, 15) is 0 Å². The third kappa shape index (κ3) is 1.56. The summed E-state index contributed by atoms with van der Waals surface area (Å²) in [5.74, 6) is 2.89. The molecule has 0 N–H and O–H groups in total. The van der Waals surface area contributed by atoms with Gasteiger partial charge in [0, 0.05) is 13.7 Å². The number of ether oxygens (including phenoxy) is 1. The largest absolute Gasteiger partial charge is 0.384 e. The Morgan fingerprint density at radius 3 is 2.25 bits per heavy atom. The Kier molecular flexibility index (Phi) is 2.50. The van der Waals surface area contributed by atoms with Crippen molar-refractivity contribution in [2.75, 3.05) is 13.7 Å². The SMILES string of the molecule is COCC1C2CC/C=C/CCC21. The standard InChI is InChI=1S/C11H18O/c1-12-8-11-9-6-4-2-3-5-7-10(9)11/h2-3,9-11H,4-8H2,1H3/b3-2+. The van der Waals surface area contributed by atoms with Crippen LogP contribution in [0.5, 0.6) is 0 Å². The summed E-state index contributed by atoms with van der Waals surface area (Å²) >= 11 is 0. The highest BCUT2D eigenvalue weighted by Gasteiger charge is 2.48. The Hall–Kier alpha value is -0.300. The molecule has 0 saturated heterocycles. The summed E-state index contributed by atoms with van der Waals surface area (Å²) < 4.78 is 5.22. The zero-order valence-electron chi connectivity index (χ0n) is 7.83. The first kappa shape index (κ1) is 8.31. The molecule has 1 saturated carbocycles. The first-order valence-electron chi connectivity index (χ1n) is 5.07. The van der Waals surface area contributed by atoms with Gasteiger partial charge in [-0.15, -0.1) is 0 Å². The van der Waals surface area contributed by atoms with Crippen molar-refractivity contribution < 1.29 is 4.74 Å². The van der Waals surface area contributed by atoms with Gasteiger partial charge in [0.1, 0.15) is 0 Å². The van der Waals surface area contributed by atoms with Crippen molar-refractivity contribution in [3.05, 3.63) is 12.2 Å². The van der Waals surface area contributed by atoms with Crippen LogP contribution in [0.15, 0.2) is 12.2 Å². The van der Waals surface area contributed by atoms with E-state index in [1.807, 2.05) is 7.11 Å². The summed E-state index contributed by atoms with van der Waals surface area (Å²) in [6.07, 6.45) is 10.1. The van der Waals surface area contributed by atoms with Gasteiger partial charge in [-0.1, -0.05) is 12.2 Å². The van der Waals surface area contributed by atoms with Gasteiger partial charge < -0.3 is 4.74 Å². The lowest BCUT2D eigenvalue weighted by Gasteiger charge is -1.99. The molecule has 2 atom stereocenters. The number of rotatable bonds is 2. The molecule has 1 fully saturated rings. The zero-order valence-corrected chi connectivity index (χ0v) is 7.83. The van der Waals surface area contributed by atoms with E-state index in [0.29, 0.717) is 0 Å². The van der Waals surface area contributed by atoms with Crippen molar-refractivity contribution in [3.63, 3.8) is 0 Å². The van der Waals surface area contributed by atoms with Crippen molar-refractivity contribution in [1.82, 2.24) is 0 Å². The monoisotopic (exact) mass is 166 g/mol. The van der Waals surface area contributed by atoms with Gasteiger partial charge in [-0.25, -0.2) is 0 Å². The lowest BCUT2D eigenvalue weighted by Crippen LogP contribution is -1.93. The highest BCUT2D eigenvalue weighted by molar-refractivity contribution is 5.01. The van der Waals surface area contributed by atoms with Crippen LogP contribution in [0.25, 0.3) is 0 Å². The van der Waals surface area contributed by atoms with Gasteiger partial charge in [0.05, 0.1) is 0 Å². The molecular formula is C11H18O. The van der Waals surface area contributed by atoms with Crippen LogP contribution in [0.2, 0.25) is 0 Å². The average Bonchev–Trinajstić information content (AvgIpc) is 2.61. The second-order valence-electron chi connectivity index (χ2n) is 4.07. The van der Waals surface area contributed by atoms with Crippen LogP contribution in [-0.2, 0) is 4.74 Å². The fourth-order valence-electron chi connectivity index (χ4n) is 2.63. The lowest BCUT2D eigenvalue weighted by molar-refractivity contribution is 0.176. The van der Waals surface area contributed by atoms with Gasteiger partial charge in [0.25, 0.3) is 0 Å². The van der Waals surface area contributed by atoms with Gasteiger partial charge in [0.15, 0.2) is 0 Å². The van der Waals surface area contributed by atoms with Crippen LogP contribution >= 0.6 is 0 Å². The third-order valence-corrected chi connectivity index (χ3v) is 3.37. The first-order valence-corrected chi connectivity index (χ1v) is 5.07. The van der Waals surface area contributed by atoms with E-state index in [-0.39, 0.29) is 0 Å². The Bertz CT molecular complexity index is 158. The molecule has 2 unspecified atom stereocenters. The van der Waals surface area contributed by atoms with Gasteiger partial charge in [-0.3, -0.25) is 0 Å². The van der Waals surface area contributed by atoms with Crippen molar-refractivity contribution in [2.45, 2.75) is 25.7 Å². The molecule has 12 heavy (non-hydrogen) atoms. The Balaban J connectivity index is 1.85. The predicted molar refractivity (Wildman–Crippen MR) is 50.0 cm³/mol. The summed E-state index contributed by atoms with van der Waals surface area (Å²) in [5, 5.41) is 0. The number of allylic oxidation sites excluding steroid dienone is 2. The maximum absolute atomic E-state index is 5.22. The third-order valence-electron chi connectivity index (χ3n) is 3.37. The Morgan fingerprint density at radius 1 is 1.17 bits per heavy atom. The Morgan fingerprint density at radius 2 is 1.75 bits per heavy atom. The minimum absolute atomic E-state index is 0.898. The molecule has 0 radical (unpaired) electrons. The molecule has 68 valence electrons. The van der Waals surface area contributed by atoms with E-state index >= 15 is 0 Å². The molecule has 2 aliphatic rings. The maximum atomic E-state index is 5.22. The molecule has 2 aliphatic carbocycles. The molecule has 0 spiro atoms. The van der Waals surface area contributed by atoms with Crippen molar-refractivity contribution in [2.24, 2.45) is 17.8 Å². The van der Waals surface area contributed by atoms with Crippen LogP contribution in [0.1, 0.15) is 25.7 Å². The highest BCUT2D eigenvalue weighted by atomic mass is 16.5. The minimum Gasteiger partial charge on any atom is -0.384 e. The fraction of sp³-hybridized carbons (Fsp3) is 0.818. The summed E-state index contributed by atoms with van der Waals surface area (Å²) in [6.45, 7) is 0.995. The van der Waals surface area contributed by atoms with Crippen LogP contribution in [0.3, 0.4) is 0 Å². The molecule has 0 aromatic rings. The summed E-state index contributed by atoms with van der Waals surface area (Å²) in [5.41, 5.74) is 0. The molecule has 0 heterocycles. The topological polar surface area (TPSA) is 9.23 Å². The molecule has 0 bridgehead atoms. The molecule has 1 heteroatoms. The number of hydrogen-bond donors (Lipinski definition) is 0. The second-order valence-corrected chi connectivity index (χ2v) is 4.07. The van der Waals surface area contributed by atoms with E-state index in [1.54, 1.807) is 0 Å². The summed E-state index contributed by atoms with van der Waals surface area (Å²) in [7, 11) is 1.82. The van der Waals surface area contributed by atoms with E-state index in [4.69, 9.17) is 4.74 Å². The normalized spacial score (nSPS) is 42.6. The van der Waals surface area contributed by atoms with E-state index in [1.165, 1.54) is 25.7 Å². The van der Waals surface area contributed by atoms with Crippen LogP contribution in [0.4, 0.5) is 0 Å². The van der Waals surface area contributed by atoms with E-state index in [2.05, 4.69) is 12.2 Å². The van der Waals surface area contributed by atoms with Crippen LogP contribution in [-0.4, -0.2) is 13.7 Å². The molecule has 0 aliphatic heterocycles. The van der Waals surface area contributed by atoms with Crippen LogP contribution < -0.4 is 0 Å². The summed E-state index contributed by atoms with van der Waals surface area (Å²) in [4.78, 5) is 0. The summed E-state index contributed by atoms with van der Waals surface area (Å²) in [6, 6.07) is 0. The van der Waals surface area contributed by atoms with E-state index < -0.39 is 0 Å². The molecule has 0 aromatic carbocycles. The average molecular weight is 166 g/mol. The minimum atomic E-state index is 0.898. The molecule has 1 nitrogen and oxygen atoms in total. The number of hydrogen-bond acceptors (Lipinski definition) is 1. The number of methoxy groups -OCH3 is 1. The van der Waals surface area contributed by atoms with Gasteiger partial charge in [0.2, 0.25) is 0 Å².